The van der Waals surface area contributed by atoms with Crippen molar-refractivity contribution in [1.29, 1.82) is 0 Å². The van der Waals surface area contributed by atoms with Crippen molar-refractivity contribution in [3.05, 3.63) is 0 Å². The van der Waals surface area contributed by atoms with Crippen molar-refractivity contribution in [1.82, 2.24) is 4.90 Å². The second kappa shape index (κ2) is 6.60. The van der Waals surface area contributed by atoms with Gasteiger partial charge in [-0.2, -0.15) is 0 Å². The number of hydrogen-bond donors (Lipinski definition) is 2. The average Bonchev–Trinajstić information content (AvgIpc) is 2.19. The number of carbonyl (C=O) groups is 2. The standard InChI is InChI=1S/C8H14N2O4.ClH/c9-6(8(12)13)5-7(11)10-1-3-14-4-2-10;/h6H,1-5,9H2,(H,12,13);1H. The number of hydrogen-bond acceptors (Lipinski definition) is 4. The molecule has 1 atom stereocenters. The first-order valence-corrected chi connectivity index (χ1v) is 4.45. The fourth-order valence-electron chi connectivity index (χ4n) is 1.22. The lowest BCUT2D eigenvalue weighted by molar-refractivity contribution is -0.143. The number of aliphatic carboxylic acids is 1. The topological polar surface area (TPSA) is 92.9 Å². The monoisotopic (exact) mass is 238 g/mol. The minimum absolute atomic E-state index is 0. The lowest BCUT2D eigenvalue weighted by Gasteiger charge is -2.27. The number of nitrogens with zero attached hydrogens (tertiary/aromatic N) is 1. The van der Waals surface area contributed by atoms with Gasteiger partial charge in [0.15, 0.2) is 0 Å². The molecule has 0 bridgehead atoms. The summed E-state index contributed by atoms with van der Waals surface area (Å²) in [6, 6.07) is -1.11. The first kappa shape index (κ1) is 14.2. The molecule has 0 aromatic carbocycles. The molecule has 1 fully saturated rings. The third-order valence-corrected chi connectivity index (χ3v) is 2.08. The Morgan fingerprint density at radius 3 is 2.40 bits per heavy atom. The third-order valence-electron chi connectivity index (χ3n) is 2.08. The molecule has 0 spiro atoms. The normalized spacial score (nSPS) is 17.8. The number of amides is 1. The maximum atomic E-state index is 11.4. The molecule has 6 nitrogen and oxygen atoms in total. The predicted octanol–water partition coefficient (Wildman–Crippen LogP) is -0.931. The van der Waals surface area contributed by atoms with Gasteiger partial charge in [-0.15, -0.1) is 12.4 Å². The molecule has 1 aliphatic rings. The molecular formula is C8H15ClN2O4. The average molecular weight is 239 g/mol. The number of rotatable bonds is 3. The Hall–Kier alpha value is -0.850. The molecular weight excluding hydrogens is 224 g/mol. The molecule has 1 unspecified atom stereocenters. The van der Waals surface area contributed by atoms with E-state index in [-0.39, 0.29) is 24.7 Å². The van der Waals surface area contributed by atoms with E-state index in [9.17, 15) is 9.59 Å². The van der Waals surface area contributed by atoms with Crippen LogP contribution in [0.4, 0.5) is 0 Å². The van der Waals surface area contributed by atoms with Gasteiger partial charge in [0.2, 0.25) is 5.91 Å². The second-order valence-corrected chi connectivity index (χ2v) is 3.14. The Morgan fingerprint density at radius 1 is 1.40 bits per heavy atom. The summed E-state index contributed by atoms with van der Waals surface area (Å²) in [4.78, 5) is 23.4. The zero-order valence-electron chi connectivity index (χ0n) is 8.22. The molecule has 7 heteroatoms. The summed E-state index contributed by atoms with van der Waals surface area (Å²) in [7, 11) is 0. The molecule has 0 radical (unpaired) electrons. The third kappa shape index (κ3) is 4.46. The highest BCUT2D eigenvalue weighted by molar-refractivity contribution is 5.85. The summed E-state index contributed by atoms with van der Waals surface area (Å²) < 4.78 is 5.06. The van der Waals surface area contributed by atoms with Crippen LogP contribution in [0.15, 0.2) is 0 Å². The van der Waals surface area contributed by atoms with E-state index >= 15 is 0 Å². The summed E-state index contributed by atoms with van der Waals surface area (Å²) in [6.45, 7) is 2.05. The van der Waals surface area contributed by atoms with E-state index in [0.29, 0.717) is 26.3 Å². The molecule has 88 valence electrons. The van der Waals surface area contributed by atoms with Crippen molar-refractivity contribution in [2.24, 2.45) is 5.73 Å². The van der Waals surface area contributed by atoms with E-state index in [2.05, 4.69) is 0 Å². The van der Waals surface area contributed by atoms with E-state index in [1.807, 2.05) is 0 Å². The lowest BCUT2D eigenvalue weighted by atomic mass is 10.2. The van der Waals surface area contributed by atoms with Crippen LogP contribution in [0.25, 0.3) is 0 Å². The summed E-state index contributed by atoms with van der Waals surface area (Å²) in [5, 5.41) is 8.51. The van der Waals surface area contributed by atoms with Crippen LogP contribution in [0.1, 0.15) is 6.42 Å². The highest BCUT2D eigenvalue weighted by Gasteiger charge is 2.22. The molecule has 3 N–H and O–H groups in total. The van der Waals surface area contributed by atoms with Gasteiger partial charge >= 0.3 is 5.97 Å². The van der Waals surface area contributed by atoms with Crippen LogP contribution >= 0.6 is 12.4 Å². The first-order valence-electron chi connectivity index (χ1n) is 4.45. The van der Waals surface area contributed by atoms with Crippen LogP contribution in [-0.2, 0) is 14.3 Å². The zero-order valence-corrected chi connectivity index (χ0v) is 9.03. The van der Waals surface area contributed by atoms with Crippen LogP contribution < -0.4 is 5.73 Å². The molecule has 15 heavy (non-hydrogen) atoms. The number of halogens is 1. The van der Waals surface area contributed by atoms with Crippen molar-refractivity contribution >= 4 is 24.3 Å². The number of carboxylic acids is 1. The molecule has 0 aromatic rings. The second-order valence-electron chi connectivity index (χ2n) is 3.14. The fraction of sp³-hybridized carbons (Fsp3) is 0.750. The number of carbonyl (C=O) groups excluding carboxylic acids is 1. The Kier molecular flexibility index (Phi) is 6.23. The van der Waals surface area contributed by atoms with Crippen molar-refractivity contribution in [2.75, 3.05) is 26.3 Å². The maximum absolute atomic E-state index is 11.4. The fourth-order valence-corrected chi connectivity index (χ4v) is 1.22. The Labute approximate surface area is 93.8 Å². The Bertz CT molecular complexity index is 231. The van der Waals surface area contributed by atoms with Crippen LogP contribution in [0.2, 0.25) is 0 Å². The Morgan fingerprint density at radius 2 is 1.93 bits per heavy atom. The van der Waals surface area contributed by atoms with Crippen LogP contribution in [-0.4, -0.2) is 54.2 Å². The minimum Gasteiger partial charge on any atom is -0.480 e. The van der Waals surface area contributed by atoms with Crippen LogP contribution in [0.3, 0.4) is 0 Å². The summed E-state index contributed by atoms with van der Waals surface area (Å²) in [5.41, 5.74) is 5.25. The SMILES string of the molecule is Cl.NC(CC(=O)N1CCOCC1)C(=O)O. The van der Waals surface area contributed by atoms with E-state index in [1.165, 1.54) is 0 Å². The zero-order chi connectivity index (χ0) is 10.6. The first-order chi connectivity index (χ1) is 6.61. The van der Waals surface area contributed by atoms with Crippen molar-refractivity contribution in [3.8, 4) is 0 Å². The molecule has 1 heterocycles. The van der Waals surface area contributed by atoms with E-state index in [4.69, 9.17) is 15.6 Å². The number of nitrogens with two attached hydrogens (primary N) is 1. The molecule has 0 aromatic heterocycles. The summed E-state index contributed by atoms with van der Waals surface area (Å²) >= 11 is 0. The molecule has 0 aliphatic carbocycles. The molecule has 0 saturated carbocycles. The summed E-state index contributed by atoms with van der Waals surface area (Å²) in [5.74, 6) is -1.37. The van der Waals surface area contributed by atoms with Gasteiger partial charge in [0.05, 0.1) is 19.6 Å². The van der Waals surface area contributed by atoms with Crippen LogP contribution in [0, 0.1) is 0 Å². The van der Waals surface area contributed by atoms with Gasteiger partial charge in [-0.05, 0) is 0 Å². The van der Waals surface area contributed by atoms with Crippen molar-refractivity contribution < 1.29 is 19.4 Å². The smallest absolute Gasteiger partial charge is 0.321 e. The van der Waals surface area contributed by atoms with E-state index < -0.39 is 12.0 Å². The number of ether oxygens (including phenoxy) is 1. The van der Waals surface area contributed by atoms with E-state index in [1.54, 1.807) is 4.90 Å². The Balaban J connectivity index is 0.00000196. The molecule has 1 aliphatic heterocycles. The highest BCUT2D eigenvalue weighted by atomic mass is 35.5. The van der Waals surface area contributed by atoms with Crippen LogP contribution in [0.5, 0.6) is 0 Å². The molecule has 1 amide bonds. The van der Waals surface area contributed by atoms with Gasteiger partial charge in [0.25, 0.3) is 0 Å². The summed E-state index contributed by atoms with van der Waals surface area (Å²) in [6.07, 6.45) is -0.144. The van der Waals surface area contributed by atoms with Crippen molar-refractivity contribution in [3.63, 3.8) is 0 Å². The van der Waals surface area contributed by atoms with Gasteiger partial charge in [-0.3, -0.25) is 9.59 Å². The predicted molar refractivity (Wildman–Crippen MR) is 54.9 cm³/mol. The largest absolute Gasteiger partial charge is 0.480 e. The van der Waals surface area contributed by atoms with Gasteiger partial charge in [-0.25, -0.2) is 0 Å². The molecule has 1 saturated heterocycles. The molecule has 1 rings (SSSR count). The van der Waals surface area contributed by atoms with Gasteiger partial charge in [-0.1, -0.05) is 0 Å². The number of carboxylic acid groups (broad SMARTS) is 1. The minimum atomic E-state index is -1.15. The lowest BCUT2D eigenvalue weighted by Crippen LogP contribution is -2.44. The van der Waals surface area contributed by atoms with E-state index in [0.717, 1.165) is 0 Å². The highest BCUT2D eigenvalue weighted by Crippen LogP contribution is 2.01. The number of morpholine rings is 1. The van der Waals surface area contributed by atoms with Gasteiger partial charge in [0.1, 0.15) is 6.04 Å². The quantitative estimate of drug-likeness (QED) is 0.663. The van der Waals surface area contributed by atoms with Gasteiger partial charge in [0, 0.05) is 13.1 Å². The maximum Gasteiger partial charge on any atom is 0.321 e. The van der Waals surface area contributed by atoms with Gasteiger partial charge < -0.3 is 20.5 Å². The van der Waals surface area contributed by atoms with Crippen molar-refractivity contribution in [2.45, 2.75) is 12.5 Å².